The van der Waals surface area contributed by atoms with E-state index in [2.05, 4.69) is 17.5 Å². The van der Waals surface area contributed by atoms with Crippen LogP contribution in [0.5, 0.6) is 5.75 Å². The summed E-state index contributed by atoms with van der Waals surface area (Å²) in [5, 5.41) is 3.65. The second-order valence-electron chi connectivity index (χ2n) is 7.00. The molecule has 3 atom stereocenters. The van der Waals surface area contributed by atoms with Crippen LogP contribution < -0.4 is 10.1 Å². The van der Waals surface area contributed by atoms with Crippen LogP contribution in [0.3, 0.4) is 0 Å². The average Bonchev–Trinajstić information content (AvgIpc) is 3.11. The fraction of sp³-hybridized carbons (Fsp3) is 0.273. The highest BCUT2D eigenvalue weighted by Gasteiger charge is 2.38. The van der Waals surface area contributed by atoms with Gasteiger partial charge in [-0.1, -0.05) is 24.3 Å². The summed E-state index contributed by atoms with van der Waals surface area (Å²) in [7, 11) is 0. The van der Waals surface area contributed by atoms with Gasteiger partial charge in [0.1, 0.15) is 5.75 Å². The Hall–Kier alpha value is -2.88. The zero-order valence-electron chi connectivity index (χ0n) is 14.9. The summed E-state index contributed by atoms with van der Waals surface area (Å²) in [6.45, 7) is 3.01. The minimum Gasteiger partial charge on any atom is -0.427 e. The zero-order chi connectivity index (χ0) is 18.3. The molecule has 0 aromatic heterocycles. The van der Waals surface area contributed by atoms with Gasteiger partial charge in [-0.2, -0.15) is 0 Å². The molecule has 2 aliphatic rings. The number of carbonyl (C=O) groups excluding carboxylic acids is 2. The van der Waals surface area contributed by atoms with E-state index in [4.69, 9.17) is 4.74 Å². The molecule has 4 nitrogen and oxygen atoms in total. The fourth-order valence-electron chi connectivity index (χ4n) is 4.05. The Morgan fingerprint density at radius 1 is 1.08 bits per heavy atom. The van der Waals surface area contributed by atoms with Crippen molar-refractivity contribution in [2.45, 2.75) is 32.2 Å². The van der Waals surface area contributed by atoms with E-state index in [0.29, 0.717) is 17.6 Å². The summed E-state index contributed by atoms with van der Waals surface area (Å²) in [6, 6.07) is 13.8. The number of anilines is 1. The maximum absolute atomic E-state index is 11.7. The predicted octanol–water partition coefficient (Wildman–Crippen LogP) is 4.64. The molecule has 2 aromatic carbocycles. The first kappa shape index (κ1) is 16.6. The second-order valence-corrected chi connectivity index (χ2v) is 7.00. The molecule has 1 N–H and O–H groups in total. The van der Waals surface area contributed by atoms with E-state index in [9.17, 15) is 9.59 Å². The lowest BCUT2D eigenvalue weighted by Gasteiger charge is -2.37. The topological polar surface area (TPSA) is 55.4 Å². The highest BCUT2D eigenvalue weighted by Crippen LogP contribution is 2.50. The Bertz CT molecular complexity index is 898. The third-order valence-electron chi connectivity index (χ3n) is 5.27. The van der Waals surface area contributed by atoms with Crippen LogP contribution in [0.1, 0.15) is 53.7 Å². The molecule has 1 aliphatic carbocycles. The van der Waals surface area contributed by atoms with Crippen LogP contribution >= 0.6 is 0 Å². The van der Waals surface area contributed by atoms with Gasteiger partial charge in [0.05, 0.1) is 6.04 Å². The minimum absolute atomic E-state index is 0.0921. The Morgan fingerprint density at radius 2 is 1.85 bits per heavy atom. The Morgan fingerprint density at radius 3 is 2.54 bits per heavy atom. The zero-order valence-corrected chi connectivity index (χ0v) is 14.9. The molecule has 4 rings (SSSR count). The molecule has 0 amide bonds. The van der Waals surface area contributed by atoms with Crippen LogP contribution in [-0.2, 0) is 4.79 Å². The largest absolute Gasteiger partial charge is 0.427 e. The lowest BCUT2D eigenvalue weighted by atomic mass is 9.76. The molecule has 0 saturated heterocycles. The summed E-state index contributed by atoms with van der Waals surface area (Å²) < 4.78 is 5.13. The van der Waals surface area contributed by atoms with Crippen LogP contribution in [0.15, 0.2) is 54.6 Å². The number of rotatable bonds is 3. The van der Waals surface area contributed by atoms with Gasteiger partial charge in [0.2, 0.25) is 0 Å². The average molecular weight is 347 g/mol. The number of benzene rings is 2. The summed E-state index contributed by atoms with van der Waals surface area (Å²) in [4.78, 5) is 22.8. The van der Waals surface area contributed by atoms with Crippen molar-refractivity contribution in [3.8, 4) is 5.75 Å². The van der Waals surface area contributed by atoms with Crippen LogP contribution in [0.2, 0.25) is 0 Å². The van der Waals surface area contributed by atoms with E-state index in [1.807, 2.05) is 42.5 Å². The van der Waals surface area contributed by atoms with Gasteiger partial charge in [0, 0.05) is 24.1 Å². The summed E-state index contributed by atoms with van der Waals surface area (Å²) in [5.74, 6) is 1.05. The van der Waals surface area contributed by atoms with E-state index >= 15 is 0 Å². The van der Waals surface area contributed by atoms with Crippen molar-refractivity contribution in [3.05, 3.63) is 71.3 Å². The van der Waals surface area contributed by atoms with Crippen molar-refractivity contribution >= 4 is 17.4 Å². The number of esters is 1. The molecular weight excluding hydrogens is 326 g/mol. The van der Waals surface area contributed by atoms with E-state index in [-0.39, 0.29) is 17.8 Å². The number of hydrogen-bond donors (Lipinski definition) is 1. The molecule has 1 heterocycles. The van der Waals surface area contributed by atoms with Crippen molar-refractivity contribution in [2.24, 2.45) is 5.92 Å². The van der Waals surface area contributed by atoms with E-state index in [1.165, 1.54) is 18.1 Å². The first-order valence-corrected chi connectivity index (χ1v) is 8.89. The van der Waals surface area contributed by atoms with Gasteiger partial charge >= 0.3 is 5.97 Å². The van der Waals surface area contributed by atoms with Crippen molar-refractivity contribution in [3.63, 3.8) is 0 Å². The highest BCUT2D eigenvalue weighted by molar-refractivity contribution is 5.95. The molecule has 0 unspecified atom stereocenters. The molecule has 4 heteroatoms. The van der Waals surface area contributed by atoms with Gasteiger partial charge in [-0.05, 0) is 60.7 Å². The summed E-state index contributed by atoms with van der Waals surface area (Å²) in [6.07, 6.45) is 5.49. The number of allylic oxidation sites excluding steroid dienone is 2. The van der Waals surface area contributed by atoms with E-state index in [0.717, 1.165) is 17.7 Å². The number of hydrogen-bond acceptors (Lipinski definition) is 4. The summed E-state index contributed by atoms with van der Waals surface area (Å²) >= 11 is 0. The molecular formula is C22H21NO3. The maximum Gasteiger partial charge on any atom is 0.308 e. The monoisotopic (exact) mass is 347 g/mol. The number of ether oxygens (including phenoxy) is 1. The SMILES string of the molecule is CC(=O)Oc1ccc([C@@H]2Nc3ccc(C(C)=O)cc3[C@H]3C=CC[C@@H]32)cc1. The van der Waals surface area contributed by atoms with Crippen LogP contribution in [0.25, 0.3) is 0 Å². The highest BCUT2D eigenvalue weighted by atomic mass is 16.5. The molecule has 2 aromatic rings. The van der Waals surface area contributed by atoms with Crippen molar-refractivity contribution in [2.75, 3.05) is 5.32 Å². The van der Waals surface area contributed by atoms with Crippen molar-refractivity contribution < 1.29 is 14.3 Å². The molecule has 26 heavy (non-hydrogen) atoms. The standard InChI is InChI=1S/C22H21NO3/c1-13(24)16-8-11-21-20(12-16)18-4-3-5-19(18)22(23-21)15-6-9-17(10-7-15)26-14(2)25/h3-4,6-12,18-19,22-23H,5H2,1-2H3/t18-,19-,22-/m0/s1. The summed E-state index contributed by atoms with van der Waals surface area (Å²) in [5.41, 5.74) is 4.20. The molecule has 0 bridgehead atoms. The Kier molecular flexibility index (Phi) is 4.11. The normalized spacial score (nSPS) is 22.9. The first-order valence-electron chi connectivity index (χ1n) is 8.89. The van der Waals surface area contributed by atoms with E-state index in [1.54, 1.807) is 6.92 Å². The maximum atomic E-state index is 11.7. The number of Topliss-reactive ketones (excluding diaryl/α,β-unsaturated/α-hetero) is 1. The second kappa shape index (κ2) is 6.45. The van der Waals surface area contributed by atoms with Gasteiger partial charge in [0.15, 0.2) is 5.78 Å². The number of carbonyl (C=O) groups is 2. The lowest BCUT2D eigenvalue weighted by Crippen LogP contribution is -2.29. The quantitative estimate of drug-likeness (QED) is 0.380. The van der Waals surface area contributed by atoms with Gasteiger partial charge < -0.3 is 10.1 Å². The molecule has 0 fully saturated rings. The third kappa shape index (κ3) is 2.92. The van der Waals surface area contributed by atoms with Crippen molar-refractivity contribution in [1.82, 2.24) is 0 Å². The number of fused-ring (bicyclic) bond motifs is 3. The number of nitrogens with one attached hydrogen (secondary N) is 1. The van der Waals surface area contributed by atoms with Gasteiger partial charge in [-0.3, -0.25) is 9.59 Å². The van der Waals surface area contributed by atoms with Gasteiger partial charge in [0.25, 0.3) is 0 Å². The van der Waals surface area contributed by atoms with E-state index < -0.39 is 0 Å². The van der Waals surface area contributed by atoms with Crippen LogP contribution in [0.4, 0.5) is 5.69 Å². The van der Waals surface area contributed by atoms with Gasteiger partial charge in [-0.15, -0.1) is 0 Å². The molecule has 132 valence electrons. The first-order chi connectivity index (χ1) is 12.5. The van der Waals surface area contributed by atoms with Crippen LogP contribution in [0, 0.1) is 5.92 Å². The smallest absolute Gasteiger partial charge is 0.308 e. The lowest BCUT2D eigenvalue weighted by molar-refractivity contribution is -0.131. The third-order valence-corrected chi connectivity index (χ3v) is 5.27. The van der Waals surface area contributed by atoms with Crippen LogP contribution in [-0.4, -0.2) is 11.8 Å². The molecule has 0 spiro atoms. The molecule has 0 radical (unpaired) electrons. The van der Waals surface area contributed by atoms with Crippen molar-refractivity contribution in [1.29, 1.82) is 0 Å². The van der Waals surface area contributed by atoms with Gasteiger partial charge in [-0.25, -0.2) is 0 Å². The molecule has 1 aliphatic heterocycles. The Balaban J connectivity index is 1.67. The molecule has 0 saturated carbocycles. The fourth-order valence-corrected chi connectivity index (χ4v) is 4.05. The Labute approximate surface area is 152 Å². The predicted molar refractivity (Wildman–Crippen MR) is 101 cm³/mol. The minimum atomic E-state index is -0.316. The number of ketones is 1.